The number of amides is 2. The number of carbonyl (C=O) groups excluding carboxylic acids is 1. The molecule has 0 aliphatic rings. The SMILES string of the molecule is O=C(Nc1cccc(Oc2nc(-n3ccnc3)ns2)c1)Nc1ccc(Cl)c(C(F)(F)F)c1. The Morgan fingerprint density at radius 3 is 2.62 bits per heavy atom. The lowest BCUT2D eigenvalue weighted by Crippen LogP contribution is -2.20. The molecule has 0 unspecified atom stereocenters. The van der Waals surface area contributed by atoms with Crippen molar-refractivity contribution in [3.8, 4) is 16.9 Å². The van der Waals surface area contributed by atoms with Gasteiger partial charge in [-0.05, 0) is 30.3 Å². The standard InChI is InChI=1S/C19H12ClF3N6O2S/c20-15-5-4-12(9-14(15)19(21,22)23)26-17(30)25-11-2-1-3-13(8-11)31-18-27-16(28-32-18)29-7-6-24-10-29/h1-10H,(H2,25,26,30). The summed E-state index contributed by atoms with van der Waals surface area (Å²) in [6.07, 6.45) is 0.190. The summed E-state index contributed by atoms with van der Waals surface area (Å²) in [4.78, 5) is 20.4. The molecule has 0 bridgehead atoms. The van der Waals surface area contributed by atoms with Gasteiger partial charge in [-0.1, -0.05) is 17.7 Å². The third kappa shape index (κ3) is 5.15. The highest BCUT2D eigenvalue weighted by Gasteiger charge is 2.33. The molecule has 0 radical (unpaired) electrons. The van der Waals surface area contributed by atoms with Crippen LogP contribution in [-0.4, -0.2) is 24.9 Å². The first kappa shape index (κ1) is 21.6. The van der Waals surface area contributed by atoms with Crippen molar-refractivity contribution in [2.45, 2.75) is 6.18 Å². The number of carbonyl (C=O) groups is 1. The van der Waals surface area contributed by atoms with E-state index in [9.17, 15) is 18.0 Å². The maximum atomic E-state index is 13.0. The van der Waals surface area contributed by atoms with Gasteiger partial charge in [-0.3, -0.25) is 4.57 Å². The fourth-order valence-corrected chi connectivity index (χ4v) is 3.35. The number of nitrogens with one attached hydrogen (secondary N) is 2. The first-order chi connectivity index (χ1) is 15.3. The van der Waals surface area contributed by atoms with Crippen molar-refractivity contribution >= 4 is 40.5 Å². The van der Waals surface area contributed by atoms with Gasteiger partial charge >= 0.3 is 12.2 Å². The van der Waals surface area contributed by atoms with Crippen LogP contribution in [0.4, 0.5) is 29.3 Å². The minimum absolute atomic E-state index is 0.0625. The van der Waals surface area contributed by atoms with Gasteiger partial charge in [0.15, 0.2) is 0 Å². The van der Waals surface area contributed by atoms with Crippen molar-refractivity contribution in [3.05, 3.63) is 71.8 Å². The van der Waals surface area contributed by atoms with Crippen LogP contribution in [0, 0.1) is 0 Å². The van der Waals surface area contributed by atoms with Gasteiger partial charge in [0.25, 0.3) is 5.19 Å². The summed E-state index contributed by atoms with van der Waals surface area (Å²) in [6.45, 7) is 0. The quantitative estimate of drug-likeness (QED) is 0.374. The summed E-state index contributed by atoms with van der Waals surface area (Å²) in [5.41, 5.74) is -0.753. The fraction of sp³-hybridized carbons (Fsp3) is 0.0526. The molecule has 0 saturated carbocycles. The molecule has 32 heavy (non-hydrogen) atoms. The Balaban J connectivity index is 1.41. The van der Waals surface area contributed by atoms with Crippen molar-refractivity contribution in [3.63, 3.8) is 0 Å². The van der Waals surface area contributed by atoms with E-state index in [4.69, 9.17) is 16.3 Å². The number of alkyl halides is 3. The Labute approximate surface area is 187 Å². The van der Waals surface area contributed by atoms with Crippen molar-refractivity contribution in [1.29, 1.82) is 0 Å². The van der Waals surface area contributed by atoms with E-state index in [1.807, 2.05) is 0 Å². The Hall–Kier alpha value is -3.64. The number of hydrogen-bond donors (Lipinski definition) is 2. The van der Waals surface area contributed by atoms with Crippen molar-refractivity contribution in [2.24, 2.45) is 0 Å². The molecule has 2 amide bonds. The number of hydrogen-bond acceptors (Lipinski definition) is 6. The van der Waals surface area contributed by atoms with Crippen LogP contribution in [0.15, 0.2) is 61.2 Å². The molecule has 0 atom stereocenters. The zero-order chi connectivity index (χ0) is 22.7. The van der Waals surface area contributed by atoms with Crippen LogP contribution >= 0.6 is 23.1 Å². The van der Waals surface area contributed by atoms with Gasteiger partial charge in [-0.25, -0.2) is 9.78 Å². The number of halogens is 4. The second kappa shape index (κ2) is 8.85. The van der Waals surface area contributed by atoms with Crippen molar-refractivity contribution in [1.82, 2.24) is 18.9 Å². The van der Waals surface area contributed by atoms with Gasteiger partial charge in [0.05, 0.1) is 10.6 Å². The molecule has 0 aliphatic carbocycles. The number of urea groups is 1. The Morgan fingerprint density at radius 1 is 1.12 bits per heavy atom. The van der Waals surface area contributed by atoms with Gasteiger partial charge in [0.1, 0.15) is 12.1 Å². The first-order valence-electron chi connectivity index (χ1n) is 8.82. The van der Waals surface area contributed by atoms with Crippen LogP contribution in [0.1, 0.15) is 5.56 Å². The Bertz CT molecular complexity index is 1250. The van der Waals surface area contributed by atoms with E-state index in [1.165, 1.54) is 12.1 Å². The fourth-order valence-electron chi connectivity index (χ4n) is 2.58. The summed E-state index contributed by atoms with van der Waals surface area (Å²) in [7, 11) is 0. The van der Waals surface area contributed by atoms with Crippen LogP contribution < -0.4 is 15.4 Å². The molecule has 4 rings (SSSR count). The van der Waals surface area contributed by atoms with E-state index in [2.05, 4.69) is 25.0 Å². The van der Waals surface area contributed by atoms with Crippen LogP contribution in [0.3, 0.4) is 0 Å². The molecule has 2 aromatic carbocycles. The summed E-state index contributed by atoms with van der Waals surface area (Å²) < 4.78 is 50.4. The molecule has 2 N–H and O–H groups in total. The normalized spacial score (nSPS) is 11.2. The molecule has 164 valence electrons. The van der Waals surface area contributed by atoms with Crippen LogP contribution in [0.5, 0.6) is 10.9 Å². The lowest BCUT2D eigenvalue weighted by atomic mass is 10.2. The topological polar surface area (TPSA) is 94.0 Å². The molecule has 0 aliphatic heterocycles. The number of aromatic nitrogens is 4. The smallest absolute Gasteiger partial charge is 0.417 e. The molecular weight excluding hydrogens is 469 g/mol. The minimum atomic E-state index is -4.64. The van der Waals surface area contributed by atoms with Gasteiger partial charge in [0.2, 0.25) is 5.95 Å². The van der Waals surface area contributed by atoms with Crippen LogP contribution in [0.2, 0.25) is 5.02 Å². The molecule has 0 spiro atoms. The number of benzene rings is 2. The Kier molecular flexibility index (Phi) is 5.97. The molecule has 8 nitrogen and oxygen atoms in total. The Morgan fingerprint density at radius 2 is 1.91 bits per heavy atom. The molecule has 2 aromatic heterocycles. The number of nitrogens with zero attached hydrogens (tertiary/aromatic N) is 4. The number of imidazole rings is 1. The second-order valence-corrected chi connectivity index (χ2v) is 7.35. The maximum absolute atomic E-state index is 13.0. The van der Waals surface area contributed by atoms with E-state index in [1.54, 1.807) is 41.5 Å². The molecule has 0 fully saturated rings. The van der Waals surface area contributed by atoms with Gasteiger partial charge in [0, 0.05) is 41.4 Å². The molecule has 0 saturated heterocycles. The monoisotopic (exact) mass is 480 g/mol. The predicted octanol–water partition coefficient (Wildman–Crippen LogP) is 5.83. The highest BCUT2D eigenvalue weighted by Crippen LogP contribution is 2.36. The highest BCUT2D eigenvalue weighted by atomic mass is 35.5. The number of ether oxygens (including phenoxy) is 1. The van der Waals surface area contributed by atoms with E-state index < -0.39 is 22.8 Å². The molecular formula is C19H12ClF3N6O2S. The predicted molar refractivity (Wildman–Crippen MR) is 113 cm³/mol. The zero-order valence-corrected chi connectivity index (χ0v) is 17.4. The lowest BCUT2D eigenvalue weighted by molar-refractivity contribution is -0.137. The average molecular weight is 481 g/mol. The molecule has 2 heterocycles. The largest absolute Gasteiger partial charge is 0.430 e. The van der Waals surface area contributed by atoms with Crippen LogP contribution in [-0.2, 0) is 6.18 Å². The van der Waals surface area contributed by atoms with Crippen LogP contribution in [0.25, 0.3) is 5.95 Å². The third-order valence-corrected chi connectivity index (χ3v) is 4.87. The summed E-state index contributed by atoms with van der Waals surface area (Å²) in [5, 5.41) is 4.68. The lowest BCUT2D eigenvalue weighted by Gasteiger charge is -2.12. The van der Waals surface area contributed by atoms with E-state index in [0.29, 0.717) is 17.4 Å². The molecule has 4 aromatic rings. The van der Waals surface area contributed by atoms with E-state index in [-0.39, 0.29) is 10.9 Å². The van der Waals surface area contributed by atoms with Gasteiger partial charge < -0.3 is 15.4 Å². The van der Waals surface area contributed by atoms with Gasteiger partial charge in [-0.15, -0.1) is 4.37 Å². The highest BCUT2D eigenvalue weighted by molar-refractivity contribution is 7.07. The van der Waals surface area contributed by atoms with Crippen molar-refractivity contribution in [2.75, 3.05) is 10.6 Å². The number of rotatable bonds is 5. The molecule has 13 heteroatoms. The second-order valence-electron chi connectivity index (χ2n) is 6.23. The maximum Gasteiger partial charge on any atom is 0.417 e. The number of anilines is 2. The minimum Gasteiger partial charge on any atom is -0.430 e. The zero-order valence-electron chi connectivity index (χ0n) is 15.8. The average Bonchev–Trinajstić information content (AvgIpc) is 3.41. The van der Waals surface area contributed by atoms with E-state index in [0.717, 1.165) is 23.7 Å². The third-order valence-electron chi connectivity index (χ3n) is 3.96. The summed E-state index contributed by atoms with van der Waals surface area (Å²) in [6, 6.07) is 8.75. The van der Waals surface area contributed by atoms with Gasteiger partial charge in [-0.2, -0.15) is 18.2 Å². The van der Waals surface area contributed by atoms with E-state index >= 15 is 0 Å². The summed E-state index contributed by atoms with van der Waals surface area (Å²) in [5.74, 6) is 0.777. The van der Waals surface area contributed by atoms with Crippen molar-refractivity contribution < 1.29 is 22.7 Å². The summed E-state index contributed by atoms with van der Waals surface area (Å²) >= 11 is 6.62. The first-order valence-corrected chi connectivity index (χ1v) is 9.98.